The number of hydrogen-bond acceptors (Lipinski definition) is 6. The number of thiol groups is 1. The highest BCUT2D eigenvalue weighted by Gasteiger charge is 2.47. The minimum atomic E-state index is -0.987. The van der Waals surface area contributed by atoms with E-state index in [2.05, 4.69) is 15.6 Å². The molecular formula is C20H26Cl2N4O4S. The molecule has 2 heterocycles. The van der Waals surface area contributed by atoms with Gasteiger partial charge in [0.25, 0.3) is 5.91 Å². The highest BCUT2D eigenvalue weighted by molar-refractivity contribution is 8.17. The van der Waals surface area contributed by atoms with Crippen LogP contribution in [0.1, 0.15) is 41.0 Å². The van der Waals surface area contributed by atoms with Gasteiger partial charge in [-0.05, 0) is 35.9 Å². The monoisotopic (exact) mass is 488 g/mol. The first-order chi connectivity index (χ1) is 14.9. The third-order valence-corrected chi connectivity index (χ3v) is 9.75. The molecule has 2 fully saturated rings. The van der Waals surface area contributed by atoms with Crippen LogP contribution in [0.3, 0.4) is 0 Å². The van der Waals surface area contributed by atoms with Crippen LogP contribution in [0.15, 0.2) is 23.1 Å². The van der Waals surface area contributed by atoms with Gasteiger partial charge in [0.2, 0.25) is 0 Å². The number of aromatic nitrogens is 3. The zero-order valence-corrected chi connectivity index (χ0v) is 19.6. The Balaban J connectivity index is 1.73. The lowest BCUT2D eigenvalue weighted by Crippen LogP contribution is -2.51. The highest BCUT2D eigenvalue weighted by atomic mass is 35.5. The molecule has 3 N–H and O–H groups in total. The summed E-state index contributed by atoms with van der Waals surface area (Å²) in [6.07, 6.45) is 0.560. The van der Waals surface area contributed by atoms with Gasteiger partial charge in [-0.2, -0.15) is 0 Å². The van der Waals surface area contributed by atoms with E-state index in [9.17, 15) is 15.0 Å². The molecule has 1 aromatic heterocycles. The van der Waals surface area contributed by atoms with E-state index in [0.29, 0.717) is 15.8 Å². The zero-order chi connectivity index (χ0) is 22.3. The van der Waals surface area contributed by atoms with E-state index in [0.717, 1.165) is 23.4 Å². The Kier molecular flexibility index (Phi) is 6.81. The Morgan fingerprint density at radius 1 is 1.35 bits per heavy atom. The van der Waals surface area contributed by atoms with E-state index in [1.165, 1.54) is 0 Å². The average Bonchev–Trinajstić information content (AvgIpc) is 3.52. The minimum absolute atomic E-state index is 0.179. The molecule has 0 bridgehead atoms. The molecule has 1 saturated carbocycles. The van der Waals surface area contributed by atoms with Crippen molar-refractivity contribution in [2.24, 2.45) is 0 Å². The van der Waals surface area contributed by atoms with E-state index in [1.807, 2.05) is 6.07 Å². The molecular weight excluding hydrogens is 463 g/mol. The van der Waals surface area contributed by atoms with Crippen molar-refractivity contribution in [2.75, 3.05) is 26.5 Å². The first kappa shape index (κ1) is 22.8. The molecule has 2 aliphatic rings. The maximum atomic E-state index is 12.3. The van der Waals surface area contributed by atoms with Crippen molar-refractivity contribution < 1.29 is 19.7 Å². The zero-order valence-electron chi connectivity index (χ0n) is 17.2. The smallest absolute Gasteiger partial charge is 0.273 e. The molecule has 1 aliphatic carbocycles. The van der Waals surface area contributed by atoms with E-state index < -0.39 is 28.3 Å². The third kappa shape index (κ3) is 4.19. The molecule has 0 radical (unpaired) electrons. The number of aliphatic hydroxyl groups excluding tert-OH is 2. The summed E-state index contributed by atoms with van der Waals surface area (Å²) in [6.45, 7) is -0.199. The number of hydrogen-bond donors (Lipinski definition) is 4. The number of amides is 1. The van der Waals surface area contributed by atoms with Gasteiger partial charge >= 0.3 is 0 Å². The van der Waals surface area contributed by atoms with Crippen molar-refractivity contribution in [1.82, 2.24) is 20.3 Å². The molecule has 1 aromatic carbocycles. The van der Waals surface area contributed by atoms with Crippen molar-refractivity contribution in [3.8, 4) is 0 Å². The number of benzene rings is 1. The van der Waals surface area contributed by atoms with Crippen LogP contribution in [0.5, 0.6) is 0 Å². The van der Waals surface area contributed by atoms with Crippen LogP contribution in [0.25, 0.3) is 0 Å². The van der Waals surface area contributed by atoms with Crippen molar-refractivity contribution in [3.05, 3.63) is 39.6 Å². The Hall–Kier alpha value is -1.36. The Morgan fingerprint density at radius 2 is 2.10 bits per heavy atom. The molecule has 170 valence electrons. The van der Waals surface area contributed by atoms with E-state index in [-0.39, 0.29) is 30.2 Å². The van der Waals surface area contributed by atoms with Crippen molar-refractivity contribution >= 4 is 40.0 Å². The summed E-state index contributed by atoms with van der Waals surface area (Å²) in [5.74, 6) is 0.470. The number of carbonyl (C=O) groups is 1. The summed E-state index contributed by atoms with van der Waals surface area (Å²) in [4.78, 5) is 13.3. The van der Waals surface area contributed by atoms with Crippen molar-refractivity contribution in [2.45, 2.75) is 47.2 Å². The second-order valence-corrected chi connectivity index (χ2v) is 11.2. The van der Waals surface area contributed by atoms with Crippen LogP contribution in [-0.4, -0.2) is 75.1 Å². The lowest BCUT2D eigenvalue weighted by atomic mass is 10.0. The minimum Gasteiger partial charge on any atom is -0.395 e. The topological polar surface area (TPSA) is 110 Å². The van der Waals surface area contributed by atoms with Gasteiger partial charge in [0.05, 0.1) is 34.6 Å². The Bertz CT molecular complexity index is 971. The van der Waals surface area contributed by atoms with Crippen LogP contribution < -0.4 is 5.32 Å². The standard InChI is InChI=1S/C20H26Cl2N4O4S/c1-23-20(29)16-17(10-3-4-10)26(25-24-16)18-14(30-2)9-31(15(8-27)19(18)28)11-5-6-12(21)13(22)7-11/h5-7,10,14-15,18-19,27-28,31H,3-4,8-9H2,1-2H3,(H,23,29)/t14-,15+,18+,19-/m0/s1. The number of halogens is 2. The van der Waals surface area contributed by atoms with E-state index in [1.54, 1.807) is 31.0 Å². The number of carbonyl (C=O) groups excluding carboxylic acids is 1. The Labute approximate surface area is 193 Å². The summed E-state index contributed by atoms with van der Waals surface area (Å²) >= 11 is 12.3. The number of nitrogens with zero attached hydrogens (tertiary/aromatic N) is 3. The average molecular weight is 489 g/mol. The molecule has 0 spiro atoms. The fourth-order valence-corrected chi connectivity index (χ4v) is 7.59. The fourth-order valence-electron chi connectivity index (χ4n) is 4.29. The van der Waals surface area contributed by atoms with Crippen molar-refractivity contribution in [3.63, 3.8) is 0 Å². The Morgan fingerprint density at radius 3 is 2.68 bits per heavy atom. The lowest BCUT2D eigenvalue weighted by Gasteiger charge is -2.46. The number of ether oxygens (including phenoxy) is 1. The first-order valence-corrected chi connectivity index (χ1v) is 12.5. The molecule has 11 heteroatoms. The molecule has 2 aromatic rings. The predicted molar refractivity (Wildman–Crippen MR) is 121 cm³/mol. The van der Waals surface area contributed by atoms with Gasteiger partial charge < -0.3 is 20.3 Å². The van der Waals surface area contributed by atoms with Gasteiger partial charge in [0, 0.05) is 31.1 Å². The molecule has 1 unspecified atom stereocenters. The summed E-state index contributed by atoms with van der Waals surface area (Å²) in [7, 11) is 2.16. The fraction of sp³-hybridized carbons (Fsp3) is 0.550. The van der Waals surface area contributed by atoms with Crippen molar-refractivity contribution in [1.29, 1.82) is 0 Å². The van der Waals surface area contributed by atoms with E-state index >= 15 is 0 Å². The van der Waals surface area contributed by atoms with Gasteiger partial charge in [-0.25, -0.2) is 15.6 Å². The van der Waals surface area contributed by atoms with Crippen LogP contribution in [0.2, 0.25) is 10.0 Å². The van der Waals surface area contributed by atoms with E-state index in [4.69, 9.17) is 27.9 Å². The number of methoxy groups -OCH3 is 1. The molecule has 4 rings (SSSR count). The largest absolute Gasteiger partial charge is 0.395 e. The number of rotatable bonds is 6. The summed E-state index contributed by atoms with van der Waals surface area (Å²) in [5.41, 5.74) is 1.01. The summed E-state index contributed by atoms with van der Waals surface area (Å²) in [5, 5.41) is 33.1. The predicted octanol–water partition coefficient (Wildman–Crippen LogP) is 2.17. The second kappa shape index (κ2) is 9.25. The van der Waals surface area contributed by atoms with Crippen LogP contribution in [-0.2, 0) is 4.74 Å². The van der Waals surface area contributed by atoms with Gasteiger partial charge in [-0.3, -0.25) is 4.79 Å². The van der Waals surface area contributed by atoms with Crippen LogP contribution in [0, 0.1) is 0 Å². The quantitative estimate of drug-likeness (QED) is 0.464. The third-order valence-electron chi connectivity index (χ3n) is 6.05. The molecule has 31 heavy (non-hydrogen) atoms. The maximum Gasteiger partial charge on any atom is 0.273 e. The normalized spacial score (nSPS) is 29.7. The first-order valence-electron chi connectivity index (χ1n) is 10.1. The molecule has 8 nitrogen and oxygen atoms in total. The molecule has 5 atom stereocenters. The lowest BCUT2D eigenvalue weighted by molar-refractivity contribution is -0.0150. The van der Waals surface area contributed by atoms with Crippen LogP contribution in [0.4, 0.5) is 0 Å². The number of nitrogens with one attached hydrogen (secondary N) is 1. The maximum absolute atomic E-state index is 12.3. The van der Waals surface area contributed by atoms with Gasteiger partial charge in [-0.1, -0.05) is 28.4 Å². The summed E-state index contributed by atoms with van der Waals surface area (Å²) in [6, 6.07) is 4.85. The molecule has 1 amide bonds. The number of aliphatic hydroxyl groups is 2. The van der Waals surface area contributed by atoms with Gasteiger partial charge in [0.1, 0.15) is 6.04 Å². The van der Waals surface area contributed by atoms with Crippen LogP contribution >= 0.6 is 34.1 Å². The molecule has 1 saturated heterocycles. The second-order valence-electron chi connectivity index (χ2n) is 7.88. The van der Waals surface area contributed by atoms with Gasteiger partial charge in [0.15, 0.2) is 5.69 Å². The summed E-state index contributed by atoms with van der Waals surface area (Å²) < 4.78 is 7.46. The molecule has 1 aliphatic heterocycles. The van der Waals surface area contributed by atoms with Gasteiger partial charge in [-0.15, -0.1) is 5.10 Å². The highest BCUT2D eigenvalue weighted by Crippen LogP contribution is 2.52. The SMILES string of the molecule is CNC(=O)c1nnn([C@H]2[C@@H](O)[C@@H](CO)[SH](c3ccc(Cl)c(Cl)c3)C[C@@H]2OC)c1C1CC1.